The van der Waals surface area contributed by atoms with Crippen molar-refractivity contribution in [2.75, 3.05) is 17.2 Å². The van der Waals surface area contributed by atoms with Gasteiger partial charge in [0.15, 0.2) is 6.61 Å². The minimum atomic E-state index is -4.81. The van der Waals surface area contributed by atoms with E-state index in [4.69, 9.17) is 4.74 Å². The zero-order chi connectivity index (χ0) is 25.6. The summed E-state index contributed by atoms with van der Waals surface area (Å²) in [6.45, 7) is -0.891. The number of hydrogen-bond acceptors (Lipinski definition) is 6. The lowest BCUT2D eigenvalue weighted by molar-refractivity contribution is -0.384. The number of carbonyl (C=O) groups excluding carboxylic acids is 3. The first-order valence-corrected chi connectivity index (χ1v) is 9.84. The lowest BCUT2D eigenvalue weighted by Gasteiger charge is -2.12. The monoisotopic (exact) mass is 487 g/mol. The summed E-state index contributed by atoms with van der Waals surface area (Å²) in [5, 5.41) is 15.7. The highest BCUT2D eigenvalue weighted by atomic mass is 19.4. The molecule has 12 heteroatoms. The van der Waals surface area contributed by atoms with Gasteiger partial charge in [-0.2, -0.15) is 13.2 Å². The third-order valence-corrected chi connectivity index (χ3v) is 4.56. The van der Waals surface area contributed by atoms with Gasteiger partial charge in [-0.05, 0) is 36.4 Å². The molecular formula is C23H16F3N3O6. The van der Waals surface area contributed by atoms with Crippen molar-refractivity contribution in [1.29, 1.82) is 0 Å². The number of alkyl halides is 3. The van der Waals surface area contributed by atoms with Crippen molar-refractivity contribution < 1.29 is 37.2 Å². The third kappa shape index (κ3) is 6.41. The average Bonchev–Trinajstić information content (AvgIpc) is 2.82. The number of nitro benzene ring substituents is 1. The first kappa shape index (κ1) is 24.9. The molecule has 0 heterocycles. The van der Waals surface area contributed by atoms with Crippen LogP contribution in [0.3, 0.4) is 0 Å². The smallest absolute Gasteiger partial charge is 0.416 e. The molecular weight excluding hydrogens is 471 g/mol. The zero-order valence-electron chi connectivity index (χ0n) is 17.7. The van der Waals surface area contributed by atoms with Gasteiger partial charge in [-0.1, -0.05) is 30.3 Å². The number of nitrogens with one attached hydrogen (secondary N) is 2. The van der Waals surface area contributed by atoms with Crippen LogP contribution in [0, 0.1) is 10.1 Å². The van der Waals surface area contributed by atoms with E-state index in [9.17, 15) is 37.7 Å². The molecule has 0 bridgehead atoms. The molecule has 0 aliphatic carbocycles. The molecule has 0 radical (unpaired) electrons. The number of ether oxygens (including phenoxy) is 1. The summed E-state index contributed by atoms with van der Waals surface area (Å²) in [4.78, 5) is 47.1. The topological polar surface area (TPSA) is 128 Å². The van der Waals surface area contributed by atoms with E-state index in [2.05, 4.69) is 10.6 Å². The van der Waals surface area contributed by atoms with Crippen molar-refractivity contribution in [1.82, 2.24) is 0 Å². The number of para-hydroxylation sites is 1. The molecule has 0 aromatic heterocycles. The fourth-order valence-corrected chi connectivity index (χ4v) is 2.91. The Bertz CT molecular complexity index is 1280. The first-order chi connectivity index (χ1) is 16.6. The molecule has 2 N–H and O–H groups in total. The Hall–Kier alpha value is -4.74. The zero-order valence-corrected chi connectivity index (χ0v) is 17.7. The van der Waals surface area contributed by atoms with Gasteiger partial charge in [0.2, 0.25) is 0 Å². The number of esters is 1. The van der Waals surface area contributed by atoms with Crippen molar-refractivity contribution in [3.8, 4) is 0 Å². The molecule has 3 rings (SSSR count). The third-order valence-electron chi connectivity index (χ3n) is 4.56. The number of anilines is 2. The van der Waals surface area contributed by atoms with Gasteiger partial charge in [-0.25, -0.2) is 4.79 Å². The van der Waals surface area contributed by atoms with Crippen LogP contribution in [0.1, 0.15) is 26.3 Å². The minimum absolute atomic E-state index is 0.0647. The largest absolute Gasteiger partial charge is 0.452 e. The molecule has 9 nitrogen and oxygen atoms in total. The highest BCUT2D eigenvalue weighted by molar-refractivity contribution is 6.08. The molecule has 0 saturated heterocycles. The molecule has 3 aromatic rings. The molecule has 0 saturated carbocycles. The summed E-state index contributed by atoms with van der Waals surface area (Å²) < 4.78 is 43.3. The van der Waals surface area contributed by atoms with Gasteiger partial charge in [-0.15, -0.1) is 0 Å². The number of nitrogens with zero attached hydrogens (tertiary/aromatic N) is 1. The Morgan fingerprint density at radius 2 is 1.54 bits per heavy atom. The highest BCUT2D eigenvalue weighted by Gasteiger charge is 2.33. The first-order valence-electron chi connectivity index (χ1n) is 9.84. The van der Waals surface area contributed by atoms with Crippen LogP contribution in [-0.2, 0) is 15.7 Å². The number of benzene rings is 3. The summed E-state index contributed by atoms with van der Waals surface area (Å²) in [5.41, 5.74) is -2.35. The van der Waals surface area contributed by atoms with Crippen molar-refractivity contribution in [2.24, 2.45) is 0 Å². The fraction of sp³-hybridized carbons (Fsp3) is 0.0870. The molecule has 180 valence electrons. The van der Waals surface area contributed by atoms with Gasteiger partial charge in [0.25, 0.3) is 17.5 Å². The predicted molar refractivity (Wildman–Crippen MR) is 118 cm³/mol. The maximum absolute atomic E-state index is 12.8. The molecule has 0 aliphatic rings. The van der Waals surface area contributed by atoms with Crippen LogP contribution >= 0.6 is 0 Å². The van der Waals surface area contributed by atoms with Crippen LogP contribution in [-0.4, -0.2) is 29.3 Å². The van der Waals surface area contributed by atoms with E-state index in [-0.39, 0.29) is 17.3 Å². The van der Waals surface area contributed by atoms with Crippen molar-refractivity contribution >= 4 is 34.8 Å². The second kappa shape index (κ2) is 10.5. The predicted octanol–water partition coefficient (Wildman–Crippen LogP) is 4.66. The number of hydrogen-bond donors (Lipinski definition) is 2. The van der Waals surface area contributed by atoms with E-state index in [0.29, 0.717) is 11.6 Å². The molecule has 0 fully saturated rings. The number of nitro groups is 1. The van der Waals surface area contributed by atoms with Gasteiger partial charge in [-0.3, -0.25) is 19.7 Å². The maximum atomic E-state index is 12.8. The van der Waals surface area contributed by atoms with E-state index in [1.165, 1.54) is 18.2 Å². The fourth-order valence-electron chi connectivity index (χ4n) is 2.91. The number of rotatable bonds is 7. The van der Waals surface area contributed by atoms with Crippen LogP contribution in [0.25, 0.3) is 0 Å². The summed E-state index contributed by atoms with van der Waals surface area (Å²) in [6, 6.07) is 15.6. The van der Waals surface area contributed by atoms with Crippen LogP contribution in [0.4, 0.5) is 30.2 Å². The van der Waals surface area contributed by atoms with Crippen molar-refractivity contribution in [3.63, 3.8) is 0 Å². The Kier molecular flexibility index (Phi) is 7.44. The van der Waals surface area contributed by atoms with E-state index in [1.807, 2.05) is 0 Å². The van der Waals surface area contributed by atoms with E-state index in [1.54, 1.807) is 36.4 Å². The second-order valence-electron chi connectivity index (χ2n) is 6.98. The minimum Gasteiger partial charge on any atom is -0.452 e. The quantitative estimate of drug-likeness (QED) is 0.283. The van der Waals surface area contributed by atoms with E-state index in [0.717, 1.165) is 6.07 Å². The molecule has 0 spiro atoms. The molecule has 35 heavy (non-hydrogen) atoms. The standard InChI is InChI=1S/C23H16F3N3O6/c24-23(25,26)15-10-11-18(19(12-15)29(33)34)27-20(30)13-35-22(32)16-8-4-5-9-17(16)28-21(31)14-6-2-1-3-7-14/h1-12H,13H2,(H,27,30)(H,28,31). The summed E-state index contributed by atoms with van der Waals surface area (Å²) in [7, 11) is 0. The Labute approximate surface area is 195 Å². The lowest BCUT2D eigenvalue weighted by Crippen LogP contribution is -2.22. The van der Waals surface area contributed by atoms with E-state index < -0.39 is 52.4 Å². The van der Waals surface area contributed by atoms with Crippen LogP contribution < -0.4 is 10.6 Å². The number of carbonyl (C=O) groups is 3. The molecule has 3 aromatic carbocycles. The van der Waals surface area contributed by atoms with Gasteiger partial charge in [0, 0.05) is 11.6 Å². The molecule has 0 unspecified atom stereocenters. The maximum Gasteiger partial charge on any atom is 0.416 e. The number of halogens is 3. The molecule has 0 aliphatic heterocycles. The summed E-state index contributed by atoms with van der Waals surface area (Å²) in [5.74, 6) is -2.49. The van der Waals surface area contributed by atoms with Crippen LogP contribution in [0.15, 0.2) is 72.8 Å². The molecule has 0 atom stereocenters. The van der Waals surface area contributed by atoms with E-state index >= 15 is 0 Å². The van der Waals surface area contributed by atoms with Crippen LogP contribution in [0.5, 0.6) is 0 Å². The lowest BCUT2D eigenvalue weighted by atomic mass is 10.1. The Morgan fingerprint density at radius 3 is 2.20 bits per heavy atom. The van der Waals surface area contributed by atoms with Gasteiger partial charge < -0.3 is 15.4 Å². The Morgan fingerprint density at radius 1 is 0.886 bits per heavy atom. The Balaban J connectivity index is 1.67. The van der Waals surface area contributed by atoms with Crippen molar-refractivity contribution in [3.05, 3.63) is 99.6 Å². The van der Waals surface area contributed by atoms with Crippen molar-refractivity contribution in [2.45, 2.75) is 6.18 Å². The number of amides is 2. The second-order valence-corrected chi connectivity index (χ2v) is 6.98. The summed E-state index contributed by atoms with van der Waals surface area (Å²) in [6.07, 6.45) is -4.81. The highest BCUT2D eigenvalue weighted by Crippen LogP contribution is 2.35. The van der Waals surface area contributed by atoms with Gasteiger partial charge in [0.05, 0.1) is 21.7 Å². The molecule has 2 amide bonds. The normalized spacial score (nSPS) is 10.8. The van der Waals surface area contributed by atoms with Gasteiger partial charge in [0.1, 0.15) is 5.69 Å². The average molecular weight is 487 g/mol. The van der Waals surface area contributed by atoms with Gasteiger partial charge >= 0.3 is 12.1 Å². The SMILES string of the molecule is O=C(COC(=O)c1ccccc1NC(=O)c1ccccc1)Nc1ccc(C(F)(F)F)cc1[N+](=O)[O-]. The van der Waals surface area contributed by atoms with Crippen LogP contribution in [0.2, 0.25) is 0 Å². The summed E-state index contributed by atoms with van der Waals surface area (Å²) >= 11 is 0.